The molecular weight excluding hydrogens is 342 g/mol. The topological polar surface area (TPSA) is 80.2 Å². The Labute approximate surface area is 150 Å². The molecule has 25 heavy (non-hydrogen) atoms. The van der Waals surface area contributed by atoms with Crippen molar-refractivity contribution in [3.63, 3.8) is 0 Å². The van der Waals surface area contributed by atoms with Crippen molar-refractivity contribution in [2.24, 2.45) is 4.99 Å². The van der Waals surface area contributed by atoms with Gasteiger partial charge in [-0.25, -0.2) is 0 Å². The van der Waals surface area contributed by atoms with Crippen LogP contribution in [0.15, 0.2) is 23.2 Å². The number of hydrogen-bond acceptors (Lipinski definition) is 6. The molecule has 1 atom stereocenters. The summed E-state index contributed by atoms with van der Waals surface area (Å²) in [6.45, 7) is 1.86. The van der Waals surface area contributed by atoms with Crippen molar-refractivity contribution in [2.75, 3.05) is 32.6 Å². The number of likely N-dealkylation sites (tertiary alicyclic amines) is 1. The Bertz CT molecular complexity index is 701. The van der Waals surface area contributed by atoms with E-state index in [2.05, 4.69) is 15.2 Å². The normalized spacial score (nSPS) is 19.8. The van der Waals surface area contributed by atoms with Gasteiger partial charge < -0.3 is 19.7 Å². The maximum absolute atomic E-state index is 12.3. The number of carbonyl (C=O) groups is 2. The summed E-state index contributed by atoms with van der Waals surface area (Å²) in [6, 6.07) is 5.15. The number of anilines is 1. The molecule has 2 heterocycles. The van der Waals surface area contributed by atoms with E-state index >= 15 is 0 Å². The molecule has 0 aliphatic carbocycles. The zero-order valence-electron chi connectivity index (χ0n) is 14.3. The number of hydrogen-bond donors (Lipinski definition) is 1. The van der Waals surface area contributed by atoms with Gasteiger partial charge in [0.1, 0.15) is 16.7 Å². The summed E-state index contributed by atoms with van der Waals surface area (Å²) >= 11 is 1.39. The molecule has 0 bridgehead atoms. The first-order valence-corrected chi connectivity index (χ1v) is 9.04. The van der Waals surface area contributed by atoms with Crippen LogP contribution in [-0.4, -0.2) is 54.4 Å². The number of amidine groups is 1. The summed E-state index contributed by atoms with van der Waals surface area (Å²) < 4.78 is 10.4. The number of ether oxygens (including phenoxy) is 2. The van der Waals surface area contributed by atoms with E-state index in [0.29, 0.717) is 17.2 Å². The summed E-state index contributed by atoms with van der Waals surface area (Å²) in [5.41, 5.74) is 0.546. The summed E-state index contributed by atoms with van der Waals surface area (Å²) in [5, 5.41) is 3.09. The number of nitrogens with one attached hydrogen (secondary N) is 1. The molecule has 3 rings (SSSR count). The SMILES string of the molecule is COc1ccc(NC(=O)C[C@H]2SC(N3CCCC3)=NC2=O)c(OC)c1. The molecule has 2 aliphatic heterocycles. The minimum absolute atomic E-state index is 0.0829. The number of benzene rings is 1. The van der Waals surface area contributed by atoms with E-state index in [-0.39, 0.29) is 18.2 Å². The van der Waals surface area contributed by atoms with E-state index in [1.165, 1.54) is 18.9 Å². The van der Waals surface area contributed by atoms with Crippen molar-refractivity contribution < 1.29 is 19.1 Å². The molecule has 1 N–H and O–H groups in total. The molecule has 0 aromatic heterocycles. The van der Waals surface area contributed by atoms with Gasteiger partial charge in [0.25, 0.3) is 5.91 Å². The Kier molecular flexibility index (Phi) is 5.47. The maximum Gasteiger partial charge on any atom is 0.262 e. The van der Waals surface area contributed by atoms with Crippen molar-refractivity contribution in [1.29, 1.82) is 0 Å². The summed E-state index contributed by atoms with van der Waals surface area (Å²) in [5.74, 6) is 0.670. The molecule has 0 radical (unpaired) electrons. The Hall–Kier alpha value is -2.22. The van der Waals surface area contributed by atoms with Crippen LogP contribution in [0.3, 0.4) is 0 Å². The molecule has 8 heteroatoms. The number of nitrogens with zero attached hydrogens (tertiary/aromatic N) is 2. The van der Waals surface area contributed by atoms with Crippen molar-refractivity contribution in [1.82, 2.24) is 4.90 Å². The quantitative estimate of drug-likeness (QED) is 0.863. The average molecular weight is 363 g/mol. The highest BCUT2D eigenvalue weighted by Crippen LogP contribution is 2.31. The van der Waals surface area contributed by atoms with Crippen LogP contribution in [-0.2, 0) is 9.59 Å². The van der Waals surface area contributed by atoms with Crippen LogP contribution < -0.4 is 14.8 Å². The van der Waals surface area contributed by atoms with Crippen LogP contribution >= 0.6 is 11.8 Å². The molecule has 1 aromatic rings. The number of carbonyl (C=O) groups excluding carboxylic acids is 2. The van der Waals surface area contributed by atoms with E-state index in [1.54, 1.807) is 25.3 Å². The Morgan fingerprint density at radius 1 is 1.32 bits per heavy atom. The Balaban J connectivity index is 1.59. The number of thioether (sulfide) groups is 1. The third-order valence-electron chi connectivity index (χ3n) is 4.16. The Morgan fingerprint density at radius 2 is 2.08 bits per heavy atom. The van der Waals surface area contributed by atoms with Crippen molar-refractivity contribution >= 4 is 34.4 Å². The van der Waals surface area contributed by atoms with Gasteiger partial charge >= 0.3 is 0 Å². The van der Waals surface area contributed by atoms with Gasteiger partial charge in [0.05, 0.1) is 19.9 Å². The van der Waals surface area contributed by atoms with Gasteiger partial charge in [-0.15, -0.1) is 0 Å². The van der Waals surface area contributed by atoms with E-state index < -0.39 is 5.25 Å². The molecule has 1 fully saturated rings. The third-order valence-corrected chi connectivity index (χ3v) is 5.37. The lowest BCUT2D eigenvalue weighted by molar-refractivity contribution is -0.121. The minimum atomic E-state index is -0.458. The first-order valence-electron chi connectivity index (χ1n) is 8.16. The lowest BCUT2D eigenvalue weighted by atomic mass is 10.2. The summed E-state index contributed by atoms with van der Waals surface area (Å²) in [7, 11) is 3.09. The second kappa shape index (κ2) is 7.77. The second-order valence-electron chi connectivity index (χ2n) is 5.85. The van der Waals surface area contributed by atoms with Gasteiger partial charge in [-0.2, -0.15) is 4.99 Å². The smallest absolute Gasteiger partial charge is 0.262 e. The number of aliphatic imine (C=N–C) groups is 1. The van der Waals surface area contributed by atoms with Gasteiger partial charge in [-0.05, 0) is 25.0 Å². The van der Waals surface area contributed by atoms with Gasteiger partial charge in [0, 0.05) is 25.6 Å². The Morgan fingerprint density at radius 3 is 2.76 bits per heavy atom. The molecule has 0 saturated carbocycles. The standard InChI is InChI=1S/C17H21N3O4S/c1-23-11-5-6-12(13(9-11)24-2)18-15(21)10-14-16(22)19-17(25-14)20-7-3-4-8-20/h5-6,9,14H,3-4,7-8,10H2,1-2H3,(H,18,21)/t14-/m1/s1. The molecule has 1 aromatic carbocycles. The first kappa shape index (κ1) is 17.6. The monoisotopic (exact) mass is 363 g/mol. The van der Waals surface area contributed by atoms with Gasteiger partial charge in [0.2, 0.25) is 5.91 Å². The minimum Gasteiger partial charge on any atom is -0.497 e. The highest BCUT2D eigenvalue weighted by atomic mass is 32.2. The number of rotatable bonds is 5. The summed E-state index contributed by atoms with van der Waals surface area (Å²) in [6.07, 6.45) is 2.33. The zero-order chi connectivity index (χ0) is 17.8. The lowest BCUT2D eigenvalue weighted by Gasteiger charge is -2.16. The summed E-state index contributed by atoms with van der Waals surface area (Å²) in [4.78, 5) is 30.6. The molecule has 7 nitrogen and oxygen atoms in total. The molecule has 2 aliphatic rings. The van der Waals surface area contributed by atoms with Crippen LogP contribution in [0.4, 0.5) is 5.69 Å². The van der Waals surface area contributed by atoms with Crippen LogP contribution in [0.25, 0.3) is 0 Å². The number of methoxy groups -OCH3 is 2. The molecule has 0 unspecified atom stereocenters. The lowest BCUT2D eigenvalue weighted by Crippen LogP contribution is -2.25. The average Bonchev–Trinajstić information content (AvgIpc) is 3.25. The van der Waals surface area contributed by atoms with Crippen molar-refractivity contribution in [3.8, 4) is 11.5 Å². The van der Waals surface area contributed by atoms with Gasteiger partial charge in [0.15, 0.2) is 5.17 Å². The fourth-order valence-corrected chi connectivity index (χ4v) is 3.94. The first-order chi connectivity index (χ1) is 12.1. The number of amides is 2. The fourth-order valence-electron chi connectivity index (χ4n) is 2.82. The predicted octanol–water partition coefficient (Wildman–Crippen LogP) is 2.13. The second-order valence-corrected chi connectivity index (χ2v) is 7.02. The van der Waals surface area contributed by atoms with Gasteiger partial charge in [-0.3, -0.25) is 9.59 Å². The van der Waals surface area contributed by atoms with Crippen LogP contribution in [0.5, 0.6) is 11.5 Å². The van der Waals surface area contributed by atoms with Crippen LogP contribution in [0, 0.1) is 0 Å². The molecule has 134 valence electrons. The van der Waals surface area contributed by atoms with E-state index in [1.807, 2.05) is 0 Å². The largest absolute Gasteiger partial charge is 0.497 e. The molecule has 1 saturated heterocycles. The van der Waals surface area contributed by atoms with Crippen molar-refractivity contribution in [3.05, 3.63) is 18.2 Å². The molecular formula is C17H21N3O4S. The van der Waals surface area contributed by atoms with E-state index in [0.717, 1.165) is 31.1 Å². The highest BCUT2D eigenvalue weighted by molar-refractivity contribution is 8.15. The third kappa shape index (κ3) is 4.07. The molecule has 2 amide bonds. The zero-order valence-corrected chi connectivity index (χ0v) is 15.1. The van der Waals surface area contributed by atoms with E-state index in [4.69, 9.17) is 9.47 Å². The molecule has 0 spiro atoms. The predicted molar refractivity (Wildman–Crippen MR) is 97.4 cm³/mol. The van der Waals surface area contributed by atoms with Crippen LogP contribution in [0.2, 0.25) is 0 Å². The van der Waals surface area contributed by atoms with E-state index in [9.17, 15) is 9.59 Å². The van der Waals surface area contributed by atoms with Crippen LogP contribution in [0.1, 0.15) is 19.3 Å². The van der Waals surface area contributed by atoms with Crippen molar-refractivity contribution in [2.45, 2.75) is 24.5 Å². The highest BCUT2D eigenvalue weighted by Gasteiger charge is 2.33. The maximum atomic E-state index is 12.3. The van der Waals surface area contributed by atoms with Gasteiger partial charge in [-0.1, -0.05) is 11.8 Å². The fraction of sp³-hybridized carbons (Fsp3) is 0.471.